The van der Waals surface area contributed by atoms with Gasteiger partial charge in [0, 0.05) is 52.5 Å². The lowest BCUT2D eigenvalue weighted by molar-refractivity contribution is 0.202. The second kappa shape index (κ2) is 27.2. The monoisotopic (exact) mass is 1370 g/mol. The summed E-state index contributed by atoms with van der Waals surface area (Å²) in [6.45, 7) is 2.94. The standard InChI is InChI=1S/C60H52N12O19S4/c1-3-16-61-35-7-15-53(94(85,86)87)49(27-35)69-66-45-12-4-32-22-36(5-8-40(32)58(45)76)63-65-46-14-10-42-43(59(46)77)11-13-44(62-17-18-73)56(42)71-64-37-6-9-41-33(23-37)26-54(95(88,89)90)57(60(41)78)72-68-48-21-31(2)47(30-52(48)91-20-19-74)67-70-50-28-38(92(79,80)81)24-34-25-39(93(82,83)84)29-51(75)55(34)50/h4-15,21-30,61-62,73-78H,3,16-20H2,1-2H3,(H,79,80,81)(H,82,83,84)(H,85,86,87)(H,88,89,90). The minimum Gasteiger partial charge on any atom is -0.507 e. The smallest absolute Gasteiger partial charge is 0.296 e. The van der Waals surface area contributed by atoms with E-state index in [0.29, 0.717) is 45.8 Å². The van der Waals surface area contributed by atoms with Crippen molar-refractivity contribution in [2.45, 2.75) is 39.9 Å². The van der Waals surface area contributed by atoms with Gasteiger partial charge in [0.25, 0.3) is 40.5 Å². The Balaban J connectivity index is 0.926. The Hall–Kier alpha value is -10.6. The number of phenols is 4. The molecule has 10 aromatic carbocycles. The molecule has 0 unspecified atom stereocenters. The van der Waals surface area contributed by atoms with Crippen molar-refractivity contribution in [2.75, 3.05) is 43.5 Å². The number of ether oxygens (including phenoxy) is 1. The molecule has 0 heterocycles. The zero-order valence-electron chi connectivity index (χ0n) is 49.2. The molecular weight excluding hydrogens is 1320 g/mol. The van der Waals surface area contributed by atoms with E-state index in [9.17, 15) is 82.5 Å². The van der Waals surface area contributed by atoms with Crippen LogP contribution in [-0.2, 0) is 40.5 Å². The third-order valence-corrected chi connectivity index (χ3v) is 17.6. The lowest BCUT2D eigenvalue weighted by atomic mass is 10.1. The first-order chi connectivity index (χ1) is 45.0. The maximum atomic E-state index is 13.0. The van der Waals surface area contributed by atoms with Gasteiger partial charge in [-0.05, 0) is 150 Å². The topological polar surface area (TPSA) is 496 Å². The van der Waals surface area contributed by atoms with E-state index in [0.717, 1.165) is 30.7 Å². The molecule has 0 aliphatic heterocycles. The number of azo groups is 5. The van der Waals surface area contributed by atoms with Gasteiger partial charge in [0.1, 0.15) is 62.0 Å². The van der Waals surface area contributed by atoms with Crippen LogP contribution in [0, 0.1) is 6.92 Å². The Labute approximate surface area is 538 Å². The molecule has 95 heavy (non-hydrogen) atoms. The molecule has 10 aromatic rings. The summed E-state index contributed by atoms with van der Waals surface area (Å²) in [6.07, 6.45) is 0.786. The van der Waals surface area contributed by atoms with Crippen molar-refractivity contribution in [1.29, 1.82) is 0 Å². The molecule has 35 heteroatoms. The Bertz CT molecular complexity index is 5420. The minimum atomic E-state index is -5.20. The molecule has 0 amide bonds. The van der Waals surface area contributed by atoms with E-state index in [4.69, 9.17) is 4.74 Å². The van der Waals surface area contributed by atoms with Crippen LogP contribution in [0.15, 0.2) is 204 Å². The fourth-order valence-electron chi connectivity index (χ4n) is 9.65. The second-order valence-electron chi connectivity index (χ2n) is 20.6. The van der Waals surface area contributed by atoms with Crippen molar-refractivity contribution in [3.05, 3.63) is 139 Å². The summed E-state index contributed by atoms with van der Waals surface area (Å²) in [5, 5.41) is 114. The van der Waals surface area contributed by atoms with Gasteiger partial charge in [-0.2, -0.15) is 49.0 Å². The number of anilines is 2. The molecule has 0 bridgehead atoms. The second-order valence-corrected chi connectivity index (χ2v) is 26.3. The molecule has 0 aromatic heterocycles. The third kappa shape index (κ3) is 14.9. The summed E-state index contributed by atoms with van der Waals surface area (Å²) in [4.78, 5) is -2.98. The van der Waals surface area contributed by atoms with E-state index >= 15 is 0 Å². The summed E-state index contributed by atoms with van der Waals surface area (Å²) < 4.78 is 144. The SMILES string of the molecule is CCCNc1ccc(S(=O)(=O)O)c(N=Nc2ccc3cc(N=Nc4ccc5c(N=Nc6ccc7c(O)c(N=Nc8cc(C)c(N=Nc9cc(S(=O)(=O)O)cc%10cc(S(=O)(=O)O)cc(O)c9%10)cc8OCCO)c(S(=O)(=O)O)cc7c6)c(NCCO)ccc5c4O)ccc3c2O)c1. The van der Waals surface area contributed by atoms with Crippen LogP contribution >= 0.6 is 0 Å². The number of rotatable bonds is 23. The molecule has 31 nitrogen and oxygen atoms in total. The van der Waals surface area contributed by atoms with Crippen molar-refractivity contribution >= 4 is 152 Å². The number of aryl methyl sites for hydroxylation is 1. The number of aliphatic hydroxyl groups excluding tert-OH is 2. The van der Waals surface area contributed by atoms with E-state index in [1.54, 1.807) is 42.5 Å². The van der Waals surface area contributed by atoms with Crippen LogP contribution in [0.25, 0.3) is 43.1 Å². The summed E-state index contributed by atoms with van der Waals surface area (Å²) >= 11 is 0. The summed E-state index contributed by atoms with van der Waals surface area (Å²) in [7, 11) is -19.8. The van der Waals surface area contributed by atoms with Crippen LogP contribution in [-0.4, -0.2) is 115 Å². The average molecular weight is 1370 g/mol. The minimum absolute atomic E-state index is 0.00454. The first-order valence-corrected chi connectivity index (χ1v) is 33.5. The Morgan fingerprint density at radius 3 is 1.65 bits per heavy atom. The average Bonchev–Trinajstić information content (AvgIpc) is 0.782. The quantitative estimate of drug-likeness (QED) is 0.0209. The fraction of sp³-hybridized carbons (Fsp3) is 0.133. The maximum Gasteiger partial charge on any atom is 0.296 e. The van der Waals surface area contributed by atoms with Gasteiger partial charge in [-0.25, -0.2) is 0 Å². The van der Waals surface area contributed by atoms with Gasteiger partial charge < -0.3 is 46.0 Å². The van der Waals surface area contributed by atoms with E-state index in [-0.39, 0.29) is 109 Å². The molecule has 0 atom stereocenters. The Kier molecular flexibility index (Phi) is 19.2. The lowest BCUT2D eigenvalue weighted by Crippen LogP contribution is -2.05. The van der Waals surface area contributed by atoms with Crippen molar-refractivity contribution in [3.8, 4) is 28.7 Å². The molecule has 12 N–H and O–H groups in total. The van der Waals surface area contributed by atoms with Gasteiger partial charge in [-0.3, -0.25) is 18.2 Å². The predicted octanol–water partition coefficient (Wildman–Crippen LogP) is 14.1. The zero-order valence-corrected chi connectivity index (χ0v) is 52.5. The van der Waals surface area contributed by atoms with Crippen molar-refractivity contribution in [1.82, 2.24) is 0 Å². The highest BCUT2D eigenvalue weighted by Crippen LogP contribution is 2.48. The molecule has 0 aliphatic carbocycles. The first kappa shape index (κ1) is 67.3. The number of phenolic OH excluding ortho intramolecular Hbond substituents is 4. The number of aromatic hydroxyl groups is 4. The molecule has 10 rings (SSSR count). The highest BCUT2D eigenvalue weighted by molar-refractivity contribution is 7.86. The largest absolute Gasteiger partial charge is 0.507 e. The number of benzene rings is 10. The van der Waals surface area contributed by atoms with Crippen LogP contribution in [0.2, 0.25) is 0 Å². The zero-order chi connectivity index (χ0) is 68.3. The number of hydrogen-bond donors (Lipinski definition) is 12. The number of nitrogens with one attached hydrogen (secondary N) is 2. The number of fused-ring (bicyclic) bond motifs is 4. The molecular formula is C60H52N12O19S4. The van der Waals surface area contributed by atoms with E-state index in [2.05, 4.69) is 61.8 Å². The van der Waals surface area contributed by atoms with Gasteiger partial charge in [0.2, 0.25) is 0 Å². The van der Waals surface area contributed by atoms with Crippen molar-refractivity contribution < 1.29 is 87.3 Å². The number of nitrogens with zero attached hydrogens (tertiary/aromatic N) is 10. The highest BCUT2D eigenvalue weighted by Gasteiger charge is 2.25. The predicted molar refractivity (Wildman–Crippen MR) is 347 cm³/mol. The van der Waals surface area contributed by atoms with Crippen LogP contribution in [0.4, 0.5) is 68.2 Å². The summed E-state index contributed by atoms with van der Waals surface area (Å²) in [5.74, 6) is -2.31. The highest BCUT2D eigenvalue weighted by atomic mass is 32.2. The lowest BCUT2D eigenvalue weighted by Gasteiger charge is -2.12. The van der Waals surface area contributed by atoms with Crippen LogP contribution in [0.3, 0.4) is 0 Å². The van der Waals surface area contributed by atoms with E-state index in [1.165, 1.54) is 67.6 Å². The Morgan fingerprint density at radius 2 is 0.989 bits per heavy atom. The van der Waals surface area contributed by atoms with Gasteiger partial charge in [0.05, 0.1) is 56.8 Å². The number of aliphatic hydroxyl groups is 2. The molecule has 0 aliphatic rings. The van der Waals surface area contributed by atoms with Gasteiger partial charge >= 0.3 is 0 Å². The Morgan fingerprint density at radius 1 is 0.421 bits per heavy atom. The van der Waals surface area contributed by atoms with Gasteiger partial charge in [-0.15, -0.1) is 35.8 Å². The maximum absolute atomic E-state index is 13.0. The molecule has 0 saturated carbocycles. The van der Waals surface area contributed by atoms with Gasteiger partial charge in [-0.1, -0.05) is 13.0 Å². The van der Waals surface area contributed by atoms with E-state index in [1.807, 2.05) is 6.92 Å². The first-order valence-electron chi connectivity index (χ1n) is 27.8. The number of hydrogen-bond acceptors (Lipinski definition) is 27. The van der Waals surface area contributed by atoms with Crippen molar-refractivity contribution in [3.63, 3.8) is 0 Å². The summed E-state index contributed by atoms with van der Waals surface area (Å²) in [5.41, 5.74) is 0.285. The van der Waals surface area contributed by atoms with Crippen molar-refractivity contribution in [2.24, 2.45) is 51.1 Å². The van der Waals surface area contributed by atoms with Crippen LogP contribution in [0.1, 0.15) is 18.9 Å². The molecule has 0 fully saturated rings. The molecule has 0 spiro atoms. The van der Waals surface area contributed by atoms with Crippen LogP contribution < -0.4 is 15.4 Å². The molecule has 0 saturated heterocycles. The van der Waals surface area contributed by atoms with Gasteiger partial charge in [0.15, 0.2) is 17.2 Å². The molecule has 490 valence electrons. The van der Waals surface area contributed by atoms with E-state index < -0.39 is 89.5 Å². The third-order valence-electron chi connectivity index (χ3n) is 14.1. The summed E-state index contributed by atoms with van der Waals surface area (Å²) in [6, 6.07) is 28.8. The fourth-order valence-corrected chi connectivity index (χ4v) is 12.0. The normalized spacial score (nSPS) is 12.8. The van der Waals surface area contributed by atoms with Crippen LogP contribution in [0.5, 0.6) is 28.7 Å². The molecule has 0 radical (unpaired) electrons.